The summed E-state index contributed by atoms with van der Waals surface area (Å²) in [6.45, 7) is 0. The number of nitrogens with one attached hydrogen (secondary N) is 2. The van der Waals surface area contributed by atoms with Gasteiger partial charge in [0.1, 0.15) is 0 Å². The first-order valence-corrected chi connectivity index (χ1v) is 7.10. The van der Waals surface area contributed by atoms with Crippen molar-refractivity contribution in [2.45, 2.75) is 12.8 Å². The molecule has 6 nitrogen and oxygen atoms in total. The molecule has 22 heavy (non-hydrogen) atoms. The average molecular weight is 323 g/mol. The van der Waals surface area contributed by atoms with Crippen LogP contribution in [-0.2, 0) is 9.59 Å². The first kappa shape index (κ1) is 16.0. The number of benzene rings is 1. The summed E-state index contributed by atoms with van der Waals surface area (Å²) >= 11 is 5.79. The van der Waals surface area contributed by atoms with Crippen LogP contribution in [0.3, 0.4) is 0 Å². The lowest BCUT2D eigenvalue weighted by Crippen LogP contribution is -2.47. The highest BCUT2D eigenvalue weighted by Gasteiger charge is 2.34. The van der Waals surface area contributed by atoms with Gasteiger partial charge in [-0.3, -0.25) is 25.2 Å². The highest BCUT2D eigenvalue weighted by Crippen LogP contribution is 2.25. The molecule has 0 heterocycles. The van der Waals surface area contributed by atoms with Crippen LogP contribution in [0, 0.1) is 11.8 Å². The number of hydrogen-bond donors (Lipinski definition) is 3. The van der Waals surface area contributed by atoms with Gasteiger partial charge in [-0.25, -0.2) is 0 Å². The quantitative estimate of drug-likeness (QED) is 0.584. The predicted octanol–water partition coefficient (Wildman–Crippen LogP) is 1.77. The molecular formula is C15H15ClN2O4. The van der Waals surface area contributed by atoms with Gasteiger partial charge in [0.05, 0.1) is 11.8 Å². The number of allylic oxidation sites excluding steroid dienone is 2. The summed E-state index contributed by atoms with van der Waals surface area (Å²) in [6.07, 6.45) is 4.14. The van der Waals surface area contributed by atoms with E-state index in [-0.39, 0.29) is 0 Å². The number of aliphatic carboxylic acids is 1. The number of amides is 2. The van der Waals surface area contributed by atoms with Gasteiger partial charge in [0.15, 0.2) is 0 Å². The minimum absolute atomic E-state index is 0.297. The van der Waals surface area contributed by atoms with E-state index in [4.69, 9.17) is 16.7 Å². The van der Waals surface area contributed by atoms with Gasteiger partial charge in [-0.15, -0.1) is 0 Å². The number of carbonyl (C=O) groups excluding carboxylic acids is 2. The topological polar surface area (TPSA) is 95.5 Å². The van der Waals surface area contributed by atoms with E-state index in [0.717, 1.165) is 0 Å². The first-order valence-electron chi connectivity index (χ1n) is 6.72. The van der Waals surface area contributed by atoms with Crippen molar-refractivity contribution >= 4 is 29.4 Å². The Morgan fingerprint density at radius 1 is 1.09 bits per heavy atom. The Labute approximate surface area is 132 Å². The van der Waals surface area contributed by atoms with Crippen molar-refractivity contribution in [3.05, 3.63) is 47.0 Å². The van der Waals surface area contributed by atoms with E-state index in [1.165, 1.54) is 6.07 Å². The van der Waals surface area contributed by atoms with Gasteiger partial charge in [0.2, 0.25) is 5.91 Å². The number of carboxylic acids is 1. The third-order valence-corrected chi connectivity index (χ3v) is 3.71. The molecule has 116 valence electrons. The minimum Gasteiger partial charge on any atom is -0.481 e. The highest BCUT2D eigenvalue weighted by molar-refractivity contribution is 6.30. The second kappa shape index (κ2) is 7.09. The van der Waals surface area contributed by atoms with Gasteiger partial charge in [-0.1, -0.05) is 29.8 Å². The summed E-state index contributed by atoms with van der Waals surface area (Å²) in [5.74, 6) is -3.55. The summed E-state index contributed by atoms with van der Waals surface area (Å²) in [4.78, 5) is 35.1. The molecular weight excluding hydrogens is 308 g/mol. The molecule has 7 heteroatoms. The van der Waals surface area contributed by atoms with Crippen molar-refractivity contribution in [3.63, 3.8) is 0 Å². The van der Waals surface area contributed by atoms with E-state index >= 15 is 0 Å². The molecule has 0 spiro atoms. The molecule has 2 atom stereocenters. The maximum Gasteiger partial charge on any atom is 0.307 e. The molecule has 0 fully saturated rings. The zero-order valence-electron chi connectivity index (χ0n) is 11.6. The molecule has 0 unspecified atom stereocenters. The maximum atomic E-state index is 12.1. The smallest absolute Gasteiger partial charge is 0.307 e. The highest BCUT2D eigenvalue weighted by atomic mass is 35.5. The van der Waals surface area contributed by atoms with Crippen LogP contribution in [0.1, 0.15) is 23.2 Å². The summed E-state index contributed by atoms with van der Waals surface area (Å²) < 4.78 is 0. The van der Waals surface area contributed by atoms with E-state index < -0.39 is 29.6 Å². The van der Waals surface area contributed by atoms with Crippen LogP contribution >= 0.6 is 11.6 Å². The zero-order valence-corrected chi connectivity index (χ0v) is 12.3. The molecule has 0 aliphatic heterocycles. The predicted molar refractivity (Wildman–Crippen MR) is 80.1 cm³/mol. The van der Waals surface area contributed by atoms with Gasteiger partial charge >= 0.3 is 5.97 Å². The van der Waals surface area contributed by atoms with E-state index in [1.54, 1.807) is 30.4 Å². The van der Waals surface area contributed by atoms with Crippen LogP contribution in [0.4, 0.5) is 0 Å². The fourth-order valence-electron chi connectivity index (χ4n) is 2.29. The molecule has 0 aromatic heterocycles. The van der Waals surface area contributed by atoms with Gasteiger partial charge in [0.25, 0.3) is 5.91 Å². The number of carboxylic acid groups (broad SMARTS) is 1. The SMILES string of the molecule is O=C(NNC(=O)[C@H]1CC=CC[C@H]1C(=O)O)c1cccc(Cl)c1. The van der Waals surface area contributed by atoms with E-state index in [9.17, 15) is 14.4 Å². The molecule has 2 amide bonds. The summed E-state index contributed by atoms with van der Waals surface area (Å²) in [7, 11) is 0. The molecule has 1 aliphatic rings. The van der Waals surface area contributed by atoms with Gasteiger partial charge < -0.3 is 5.11 Å². The Kier molecular flexibility index (Phi) is 5.16. The average Bonchev–Trinajstić information content (AvgIpc) is 2.52. The van der Waals surface area contributed by atoms with Crippen molar-refractivity contribution < 1.29 is 19.5 Å². The number of hydrogen-bond acceptors (Lipinski definition) is 3. The molecule has 0 bridgehead atoms. The summed E-state index contributed by atoms with van der Waals surface area (Å²) in [5, 5.41) is 9.53. The summed E-state index contributed by atoms with van der Waals surface area (Å²) in [5.41, 5.74) is 4.84. The van der Waals surface area contributed by atoms with Gasteiger partial charge in [-0.05, 0) is 31.0 Å². The third-order valence-electron chi connectivity index (χ3n) is 3.47. The van der Waals surface area contributed by atoms with Crippen LogP contribution in [0.25, 0.3) is 0 Å². The van der Waals surface area contributed by atoms with E-state index in [0.29, 0.717) is 23.4 Å². The van der Waals surface area contributed by atoms with Crippen LogP contribution in [-0.4, -0.2) is 22.9 Å². The number of rotatable bonds is 3. The first-order chi connectivity index (χ1) is 10.5. The molecule has 1 aromatic rings. The van der Waals surface area contributed by atoms with Crippen LogP contribution in [0.15, 0.2) is 36.4 Å². The molecule has 1 aromatic carbocycles. The molecule has 0 saturated heterocycles. The van der Waals surface area contributed by atoms with Crippen molar-refractivity contribution in [2.75, 3.05) is 0 Å². The summed E-state index contributed by atoms with van der Waals surface area (Å²) in [6, 6.07) is 6.26. The van der Waals surface area contributed by atoms with Crippen LogP contribution in [0.5, 0.6) is 0 Å². The molecule has 1 aliphatic carbocycles. The minimum atomic E-state index is -1.02. The lowest BCUT2D eigenvalue weighted by molar-refractivity contribution is -0.147. The van der Waals surface area contributed by atoms with Crippen LogP contribution < -0.4 is 10.9 Å². The van der Waals surface area contributed by atoms with Crippen LogP contribution in [0.2, 0.25) is 5.02 Å². The Balaban J connectivity index is 1.96. The standard InChI is InChI=1S/C15H15ClN2O4/c16-10-5-3-4-9(8-10)13(19)17-18-14(20)11-6-1-2-7-12(11)15(21)22/h1-5,8,11-12H,6-7H2,(H,17,19)(H,18,20)(H,21,22)/t11-,12+/m0/s1. The molecule has 2 rings (SSSR count). The van der Waals surface area contributed by atoms with Gasteiger partial charge in [-0.2, -0.15) is 0 Å². The number of hydrazine groups is 1. The van der Waals surface area contributed by atoms with Crippen molar-refractivity contribution in [1.82, 2.24) is 10.9 Å². The monoisotopic (exact) mass is 322 g/mol. The zero-order chi connectivity index (χ0) is 16.1. The lowest BCUT2D eigenvalue weighted by Gasteiger charge is -2.24. The Morgan fingerprint density at radius 2 is 1.77 bits per heavy atom. The molecule has 3 N–H and O–H groups in total. The second-order valence-electron chi connectivity index (χ2n) is 4.95. The second-order valence-corrected chi connectivity index (χ2v) is 5.38. The third kappa shape index (κ3) is 3.85. The fourth-order valence-corrected chi connectivity index (χ4v) is 2.48. The van der Waals surface area contributed by atoms with E-state index in [2.05, 4.69) is 10.9 Å². The normalized spacial score (nSPS) is 20.2. The fraction of sp³-hybridized carbons (Fsp3) is 0.267. The molecule has 0 saturated carbocycles. The lowest BCUT2D eigenvalue weighted by atomic mass is 9.82. The number of carbonyl (C=O) groups is 3. The van der Waals surface area contributed by atoms with Gasteiger partial charge in [0, 0.05) is 10.6 Å². The Hall–Kier alpha value is -2.34. The van der Waals surface area contributed by atoms with E-state index in [1.807, 2.05) is 0 Å². The Bertz CT molecular complexity index is 630. The Morgan fingerprint density at radius 3 is 2.41 bits per heavy atom. The maximum absolute atomic E-state index is 12.1. The number of halogens is 1. The van der Waals surface area contributed by atoms with Crippen molar-refractivity contribution in [2.24, 2.45) is 11.8 Å². The molecule has 0 radical (unpaired) electrons. The van der Waals surface area contributed by atoms with Crippen molar-refractivity contribution in [3.8, 4) is 0 Å². The van der Waals surface area contributed by atoms with Crippen molar-refractivity contribution in [1.29, 1.82) is 0 Å². The largest absolute Gasteiger partial charge is 0.481 e.